The molecule has 1 aliphatic heterocycles. The number of hydrogen-bond donors (Lipinski definition) is 2. The van der Waals surface area contributed by atoms with E-state index in [1.165, 1.54) is 0 Å². The number of amides is 2. The van der Waals surface area contributed by atoms with E-state index >= 15 is 4.39 Å². The second-order valence-corrected chi connectivity index (χ2v) is 11.4. The van der Waals surface area contributed by atoms with Gasteiger partial charge in [0.25, 0.3) is 0 Å². The molecule has 1 fully saturated rings. The van der Waals surface area contributed by atoms with E-state index in [1.807, 2.05) is 13.8 Å². The fourth-order valence-electron chi connectivity index (χ4n) is 4.83. The summed E-state index contributed by atoms with van der Waals surface area (Å²) in [5, 5.41) is 6.15. The monoisotopic (exact) mass is 554 g/mol. The van der Waals surface area contributed by atoms with E-state index in [1.54, 1.807) is 26.8 Å². The van der Waals surface area contributed by atoms with Crippen LogP contribution >= 0.6 is 27.5 Å². The molecule has 8 heteroatoms. The van der Waals surface area contributed by atoms with Gasteiger partial charge in [-0.3, -0.25) is 4.79 Å². The van der Waals surface area contributed by atoms with Crippen molar-refractivity contribution in [2.45, 2.75) is 84.8 Å². The van der Waals surface area contributed by atoms with E-state index in [4.69, 9.17) is 16.3 Å². The largest absolute Gasteiger partial charge is 0.444 e. The van der Waals surface area contributed by atoms with Gasteiger partial charge in [0, 0.05) is 11.7 Å². The zero-order valence-corrected chi connectivity index (χ0v) is 22.8. The van der Waals surface area contributed by atoms with E-state index in [9.17, 15) is 9.59 Å². The summed E-state index contributed by atoms with van der Waals surface area (Å²) in [4.78, 5) is 25.7. The Morgan fingerprint density at radius 3 is 2.56 bits per heavy atom. The molecule has 1 heterocycles. The third-order valence-corrected chi connectivity index (χ3v) is 7.55. The average molecular weight is 556 g/mol. The molecule has 2 aliphatic rings. The predicted octanol–water partition coefficient (Wildman–Crippen LogP) is 7.06. The van der Waals surface area contributed by atoms with Crippen molar-refractivity contribution in [3.05, 3.63) is 50.4 Å². The minimum absolute atomic E-state index is 0.154. The van der Waals surface area contributed by atoms with Crippen LogP contribution in [0.3, 0.4) is 0 Å². The molecule has 0 atom stereocenters. The highest BCUT2D eigenvalue weighted by Crippen LogP contribution is 2.57. The molecular weight excluding hydrogens is 523 g/mol. The number of hydrogen-bond acceptors (Lipinski definition) is 3. The Balaban J connectivity index is 2.06. The second kappa shape index (κ2) is 10.0. The number of allylic oxidation sites excluding steroid dienone is 1. The van der Waals surface area contributed by atoms with E-state index in [2.05, 4.69) is 33.1 Å². The number of alkyl carbamates (subject to hydrolysis) is 1. The summed E-state index contributed by atoms with van der Waals surface area (Å²) in [5.41, 5.74) is 1.83. The van der Waals surface area contributed by atoms with Crippen LogP contribution in [0.1, 0.15) is 77.8 Å². The molecule has 2 amide bonds. The van der Waals surface area contributed by atoms with Gasteiger partial charge >= 0.3 is 6.09 Å². The van der Waals surface area contributed by atoms with Crippen molar-refractivity contribution < 1.29 is 18.7 Å². The highest BCUT2D eigenvalue weighted by molar-refractivity contribution is 9.10. The van der Waals surface area contributed by atoms with Gasteiger partial charge in [-0.15, -0.1) is 0 Å². The maximum atomic E-state index is 15.4. The molecule has 2 N–H and O–H groups in total. The Morgan fingerprint density at radius 2 is 2.00 bits per heavy atom. The van der Waals surface area contributed by atoms with Gasteiger partial charge in [0.2, 0.25) is 5.91 Å². The lowest BCUT2D eigenvalue weighted by atomic mass is 9.59. The number of carbonyl (C=O) groups excluding carboxylic acids is 2. The zero-order valence-electron chi connectivity index (χ0n) is 20.5. The number of benzene rings is 1. The summed E-state index contributed by atoms with van der Waals surface area (Å²) in [6, 6.07) is 1.50. The first kappa shape index (κ1) is 26.7. The Kier molecular flexibility index (Phi) is 7.88. The van der Waals surface area contributed by atoms with Gasteiger partial charge in [0.15, 0.2) is 0 Å². The number of ether oxygens (including phenoxy) is 1. The van der Waals surface area contributed by atoms with Gasteiger partial charge < -0.3 is 15.4 Å². The van der Waals surface area contributed by atoms with Crippen LogP contribution in [0, 0.1) is 11.2 Å². The number of carbonyl (C=O) groups is 2. The number of nitrogens with one attached hydrogen (secondary N) is 2. The van der Waals surface area contributed by atoms with E-state index < -0.39 is 22.9 Å². The van der Waals surface area contributed by atoms with Crippen molar-refractivity contribution >= 4 is 45.1 Å². The highest BCUT2D eigenvalue weighted by atomic mass is 79.9. The molecule has 0 aromatic heterocycles. The van der Waals surface area contributed by atoms with E-state index in [0.29, 0.717) is 42.5 Å². The molecule has 186 valence electrons. The maximum absolute atomic E-state index is 15.4. The lowest BCUT2D eigenvalue weighted by Crippen LogP contribution is -2.55. The Labute approximate surface area is 214 Å². The molecule has 1 aromatic rings. The molecule has 3 rings (SSSR count). The van der Waals surface area contributed by atoms with E-state index in [-0.39, 0.29) is 21.4 Å². The van der Waals surface area contributed by atoms with Crippen molar-refractivity contribution in [3.8, 4) is 0 Å². The van der Waals surface area contributed by atoms with Crippen molar-refractivity contribution in [1.82, 2.24) is 10.6 Å². The normalized spacial score (nSPS) is 22.0. The van der Waals surface area contributed by atoms with Crippen LogP contribution in [0.5, 0.6) is 0 Å². The standard InChI is InChI=1S/C26H33BrClFN2O3/c1-7-9-14(3)22-19(17-11-18(28)20(27)21(29)16(17)10-8-2)26(23(32)31-22)12-15(13-26)30-24(33)34-25(4,5)6/h11,15H,3,7-10,12-13H2,1-2,4-6H3,(H,30,33)(H,31,32). The predicted molar refractivity (Wildman–Crippen MR) is 137 cm³/mol. The molecule has 5 nitrogen and oxygen atoms in total. The summed E-state index contributed by atoms with van der Waals surface area (Å²) in [6.07, 6.45) is 3.04. The van der Waals surface area contributed by atoms with Crippen LogP contribution in [-0.4, -0.2) is 23.6 Å². The third kappa shape index (κ3) is 5.06. The Hall–Kier alpha value is -1.86. The summed E-state index contributed by atoms with van der Waals surface area (Å²) in [7, 11) is 0. The van der Waals surface area contributed by atoms with Gasteiger partial charge in [-0.05, 0) is 90.7 Å². The average Bonchev–Trinajstić information content (AvgIpc) is 3.00. The fraction of sp³-hybridized carbons (Fsp3) is 0.538. The molecule has 34 heavy (non-hydrogen) atoms. The summed E-state index contributed by atoms with van der Waals surface area (Å²) in [5.74, 6) is -0.562. The molecule has 1 saturated carbocycles. The van der Waals surface area contributed by atoms with Gasteiger partial charge in [-0.2, -0.15) is 0 Å². The topological polar surface area (TPSA) is 67.4 Å². The zero-order chi connectivity index (χ0) is 25.4. The smallest absolute Gasteiger partial charge is 0.407 e. The Morgan fingerprint density at radius 1 is 1.35 bits per heavy atom. The van der Waals surface area contributed by atoms with Crippen molar-refractivity contribution in [2.75, 3.05) is 0 Å². The lowest BCUT2D eigenvalue weighted by molar-refractivity contribution is -0.130. The highest BCUT2D eigenvalue weighted by Gasteiger charge is 2.58. The Bertz CT molecular complexity index is 1060. The molecule has 1 spiro atoms. The van der Waals surface area contributed by atoms with Crippen LogP contribution in [0.15, 0.2) is 28.4 Å². The molecule has 0 radical (unpaired) electrons. The maximum Gasteiger partial charge on any atom is 0.407 e. The second-order valence-electron chi connectivity index (χ2n) is 10.2. The van der Waals surface area contributed by atoms with E-state index in [0.717, 1.165) is 24.0 Å². The van der Waals surface area contributed by atoms with Crippen LogP contribution < -0.4 is 10.6 Å². The molecular formula is C26H33BrClFN2O3. The molecule has 0 bridgehead atoms. The number of halogens is 3. The minimum atomic E-state index is -0.891. The summed E-state index contributed by atoms with van der Waals surface area (Å²) < 4.78 is 21.0. The first-order valence-electron chi connectivity index (χ1n) is 11.7. The van der Waals surface area contributed by atoms with Crippen LogP contribution in [0.4, 0.5) is 9.18 Å². The first-order chi connectivity index (χ1) is 15.8. The molecule has 1 aromatic carbocycles. The third-order valence-electron chi connectivity index (χ3n) is 6.25. The quantitative estimate of drug-likeness (QED) is 0.354. The van der Waals surface area contributed by atoms with Gasteiger partial charge in [0.05, 0.1) is 14.9 Å². The van der Waals surface area contributed by atoms with Gasteiger partial charge in [-0.25, -0.2) is 9.18 Å². The molecule has 1 aliphatic carbocycles. The SMILES string of the molecule is C=C(CCC)C1=C(c2cc(Cl)c(Br)c(F)c2CCC)C2(CC(NC(=O)OC(C)(C)C)C2)C(=O)N1. The van der Waals surface area contributed by atoms with Crippen LogP contribution in [0.2, 0.25) is 5.02 Å². The first-order valence-corrected chi connectivity index (χ1v) is 12.9. The van der Waals surface area contributed by atoms with Crippen molar-refractivity contribution in [3.63, 3.8) is 0 Å². The van der Waals surface area contributed by atoms with Crippen molar-refractivity contribution in [2.24, 2.45) is 5.41 Å². The lowest BCUT2D eigenvalue weighted by Gasteiger charge is -2.45. The van der Waals surface area contributed by atoms with Crippen LogP contribution in [-0.2, 0) is 16.0 Å². The fourth-order valence-corrected chi connectivity index (χ4v) is 5.38. The molecule has 0 saturated heterocycles. The summed E-state index contributed by atoms with van der Waals surface area (Å²) in [6.45, 7) is 13.6. The van der Waals surface area contributed by atoms with Gasteiger partial charge in [-0.1, -0.05) is 44.9 Å². The van der Waals surface area contributed by atoms with Gasteiger partial charge in [0.1, 0.15) is 11.4 Å². The minimum Gasteiger partial charge on any atom is -0.444 e. The molecule has 0 unspecified atom stereocenters. The van der Waals surface area contributed by atoms with Crippen LogP contribution in [0.25, 0.3) is 5.57 Å². The van der Waals surface area contributed by atoms with Crippen molar-refractivity contribution in [1.29, 1.82) is 0 Å². The summed E-state index contributed by atoms with van der Waals surface area (Å²) >= 11 is 9.66. The number of rotatable bonds is 7.